The molecule has 0 heterocycles. The van der Waals surface area contributed by atoms with Gasteiger partial charge >= 0.3 is 14.5 Å². The van der Waals surface area contributed by atoms with Crippen LogP contribution >= 0.6 is 0 Å². The smallest absolute Gasteiger partial charge is 0.398 e. The van der Waals surface area contributed by atoms with E-state index in [1.165, 1.54) is 0 Å². The van der Waals surface area contributed by atoms with E-state index in [9.17, 15) is 4.79 Å². The average molecular weight is 244 g/mol. The van der Waals surface area contributed by atoms with Crippen molar-refractivity contribution in [1.29, 1.82) is 0 Å². The summed E-state index contributed by atoms with van der Waals surface area (Å²) in [6.45, 7) is 13.2. The van der Waals surface area contributed by atoms with E-state index in [1.54, 1.807) is 6.92 Å². The molecule has 0 bridgehead atoms. The van der Waals surface area contributed by atoms with Gasteiger partial charge in [0.15, 0.2) is 0 Å². The quantitative estimate of drug-likeness (QED) is 0.508. The van der Waals surface area contributed by atoms with Crippen molar-refractivity contribution in [2.75, 3.05) is 0 Å². The highest BCUT2D eigenvalue weighted by Gasteiger charge is 2.36. The normalized spacial score (nSPS) is 14.6. The summed E-state index contributed by atoms with van der Waals surface area (Å²) in [5.41, 5.74) is 0.433. The van der Waals surface area contributed by atoms with E-state index >= 15 is 0 Å². The maximum Gasteiger partial charge on any atom is 0.398 e. The summed E-state index contributed by atoms with van der Waals surface area (Å²) in [6.07, 6.45) is 2.19. The van der Waals surface area contributed by atoms with Crippen LogP contribution in [0.25, 0.3) is 0 Å². The van der Waals surface area contributed by atoms with Crippen molar-refractivity contribution in [1.82, 2.24) is 0 Å². The lowest BCUT2D eigenvalue weighted by Crippen LogP contribution is -2.42. The second-order valence-electron chi connectivity index (χ2n) is 4.57. The zero-order valence-electron chi connectivity index (χ0n) is 11.1. The Balaban J connectivity index is 4.51. The molecule has 0 aliphatic rings. The molecule has 16 heavy (non-hydrogen) atoms. The number of hydrogen-bond acceptors (Lipinski definition) is 3. The number of carbonyl (C=O) groups is 1. The Bertz CT molecular complexity index is 251. The Morgan fingerprint density at radius 1 is 1.44 bits per heavy atom. The lowest BCUT2D eigenvalue weighted by atomic mass is 10.4. The zero-order chi connectivity index (χ0) is 12.8. The van der Waals surface area contributed by atoms with Gasteiger partial charge in [-0.3, -0.25) is 0 Å². The number of unbranched alkanes of at least 4 members (excludes halogenated alkanes) is 1. The Kier molecular flexibility index (Phi) is 6.60. The Hall–Kier alpha value is -0.613. The van der Waals surface area contributed by atoms with Crippen LogP contribution in [0, 0.1) is 0 Å². The van der Waals surface area contributed by atoms with Crippen molar-refractivity contribution >= 4 is 14.5 Å². The first-order valence-corrected chi connectivity index (χ1v) is 8.39. The maximum absolute atomic E-state index is 11.5. The first-order chi connectivity index (χ1) is 7.30. The zero-order valence-corrected chi connectivity index (χ0v) is 12.1. The van der Waals surface area contributed by atoms with Gasteiger partial charge in [-0.1, -0.05) is 26.3 Å². The summed E-state index contributed by atoms with van der Waals surface area (Å²) in [4.78, 5) is 11.5. The molecule has 0 saturated heterocycles. The molecule has 0 aliphatic heterocycles. The molecule has 94 valence electrons. The van der Waals surface area contributed by atoms with Crippen LogP contribution in [0.4, 0.5) is 0 Å². The summed E-state index contributed by atoms with van der Waals surface area (Å²) < 4.78 is 11.3. The SMILES string of the molecule is C=C(C)C(=O)O[Si](C)(CCCC)OC(C)C. The van der Waals surface area contributed by atoms with Crippen LogP contribution in [0.5, 0.6) is 0 Å². The molecule has 0 spiro atoms. The van der Waals surface area contributed by atoms with Crippen LogP contribution in [0.3, 0.4) is 0 Å². The molecule has 0 aromatic heterocycles. The lowest BCUT2D eigenvalue weighted by molar-refractivity contribution is -0.132. The molecule has 0 aromatic rings. The van der Waals surface area contributed by atoms with Gasteiger partial charge in [-0.15, -0.1) is 0 Å². The van der Waals surface area contributed by atoms with Gasteiger partial charge in [0, 0.05) is 17.7 Å². The van der Waals surface area contributed by atoms with Gasteiger partial charge in [0.1, 0.15) is 0 Å². The van der Waals surface area contributed by atoms with E-state index in [-0.39, 0.29) is 12.1 Å². The second kappa shape index (κ2) is 6.86. The van der Waals surface area contributed by atoms with E-state index in [0.29, 0.717) is 5.57 Å². The number of rotatable bonds is 7. The highest BCUT2D eigenvalue weighted by Crippen LogP contribution is 2.20. The van der Waals surface area contributed by atoms with Crippen molar-refractivity contribution in [2.45, 2.75) is 59.2 Å². The third-order valence-electron chi connectivity index (χ3n) is 2.13. The molecule has 0 saturated carbocycles. The first-order valence-electron chi connectivity index (χ1n) is 5.87. The summed E-state index contributed by atoms with van der Waals surface area (Å²) in [6, 6.07) is 0.848. The molecule has 0 radical (unpaired) electrons. The lowest BCUT2D eigenvalue weighted by Gasteiger charge is -2.28. The number of carbonyl (C=O) groups excluding carboxylic acids is 1. The minimum absolute atomic E-state index is 0.0893. The number of hydrogen-bond donors (Lipinski definition) is 0. The summed E-state index contributed by atoms with van der Waals surface area (Å²) in [7, 11) is -2.37. The highest BCUT2D eigenvalue weighted by molar-refractivity contribution is 6.67. The Morgan fingerprint density at radius 3 is 2.38 bits per heavy atom. The monoisotopic (exact) mass is 244 g/mol. The van der Waals surface area contributed by atoms with Crippen LogP contribution in [0.2, 0.25) is 12.6 Å². The predicted molar refractivity (Wildman–Crippen MR) is 68.5 cm³/mol. The molecular formula is C12H24O3Si. The van der Waals surface area contributed by atoms with E-state index in [0.717, 1.165) is 18.9 Å². The third kappa shape index (κ3) is 6.08. The molecule has 3 nitrogen and oxygen atoms in total. The van der Waals surface area contributed by atoms with Gasteiger partial charge < -0.3 is 8.85 Å². The van der Waals surface area contributed by atoms with Crippen LogP contribution < -0.4 is 0 Å². The van der Waals surface area contributed by atoms with Crippen LogP contribution in [0.1, 0.15) is 40.5 Å². The van der Waals surface area contributed by atoms with Crippen LogP contribution in [-0.2, 0) is 13.6 Å². The molecule has 0 amide bonds. The fourth-order valence-electron chi connectivity index (χ4n) is 1.41. The molecule has 1 atom stereocenters. The van der Waals surface area contributed by atoms with Gasteiger partial charge in [-0.05, 0) is 27.3 Å². The van der Waals surface area contributed by atoms with E-state index in [2.05, 4.69) is 13.5 Å². The van der Waals surface area contributed by atoms with Crippen molar-refractivity contribution in [3.63, 3.8) is 0 Å². The predicted octanol–water partition coefficient (Wildman–Crippen LogP) is 3.40. The maximum atomic E-state index is 11.5. The van der Waals surface area contributed by atoms with E-state index < -0.39 is 8.56 Å². The average Bonchev–Trinajstić information content (AvgIpc) is 2.13. The minimum Gasteiger partial charge on any atom is -0.491 e. The second-order valence-corrected chi connectivity index (χ2v) is 7.78. The molecule has 4 heteroatoms. The Labute approximate surface area is 100 Å². The molecule has 0 N–H and O–H groups in total. The standard InChI is InChI=1S/C12H24O3Si/c1-7-8-9-16(6,14-11(4)5)15-12(13)10(2)3/h11H,2,7-9H2,1,3-6H3. The fourth-order valence-corrected chi connectivity index (χ4v) is 4.24. The molecule has 1 unspecified atom stereocenters. The van der Waals surface area contributed by atoms with Gasteiger partial charge in [0.25, 0.3) is 0 Å². The molecule has 0 fully saturated rings. The molecule has 0 aromatic carbocycles. The minimum atomic E-state index is -2.37. The first kappa shape index (κ1) is 15.4. The largest absolute Gasteiger partial charge is 0.491 e. The van der Waals surface area contributed by atoms with Crippen molar-refractivity contribution < 1.29 is 13.6 Å². The molecule has 0 aliphatic carbocycles. The molecule has 0 rings (SSSR count). The summed E-state index contributed by atoms with van der Waals surface area (Å²) in [5.74, 6) is -0.328. The van der Waals surface area contributed by atoms with Crippen molar-refractivity contribution in [3.8, 4) is 0 Å². The fraction of sp³-hybridized carbons (Fsp3) is 0.750. The van der Waals surface area contributed by atoms with Crippen molar-refractivity contribution in [2.24, 2.45) is 0 Å². The van der Waals surface area contributed by atoms with E-state index in [1.807, 2.05) is 20.4 Å². The summed E-state index contributed by atoms with van der Waals surface area (Å²) in [5, 5.41) is 0. The van der Waals surface area contributed by atoms with E-state index in [4.69, 9.17) is 8.85 Å². The van der Waals surface area contributed by atoms with Crippen LogP contribution in [0.15, 0.2) is 12.2 Å². The summed E-state index contributed by atoms with van der Waals surface area (Å²) >= 11 is 0. The van der Waals surface area contributed by atoms with Gasteiger partial charge in [0.2, 0.25) is 0 Å². The van der Waals surface area contributed by atoms with Gasteiger partial charge in [0.05, 0.1) is 0 Å². The topological polar surface area (TPSA) is 35.5 Å². The van der Waals surface area contributed by atoms with Gasteiger partial charge in [-0.2, -0.15) is 0 Å². The van der Waals surface area contributed by atoms with Gasteiger partial charge in [-0.25, -0.2) is 4.79 Å². The van der Waals surface area contributed by atoms with Crippen LogP contribution in [-0.4, -0.2) is 20.6 Å². The Morgan fingerprint density at radius 2 is 2.00 bits per heavy atom. The highest BCUT2D eigenvalue weighted by atomic mass is 28.4. The molecular weight excluding hydrogens is 220 g/mol. The van der Waals surface area contributed by atoms with Crippen molar-refractivity contribution in [3.05, 3.63) is 12.2 Å². The third-order valence-corrected chi connectivity index (χ3v) is 4.98.